The first-order chi connectivity index (χ1) is 16.6. The molecule has 35 heavy (non-hydrogen) atoms. The zero-order valence-electron chi connectivity index (χ0n) is 18.5. The molecule has 1 aromatic heterocycles. The van der Waals surface area contributed by atoms with Crippen molar-refractivity contribution in [2.24, 2.45) is 5.10 Å². The molecule has 0 spiro atoms. The van der Waals surface area contributed by atoms with Crippen LogP contribution in [-0.2, 0) is 15.9 Å². The topological polar surface area (TPSA) is 125 Å². The van der Waals surface area contributed by atoms with Crippen molar-refractivity contribution in [2.45, 2.75) is 12.7 Å². The van der Waals surface area contributed by atoms with Gasteiger partial charge in [-0.15, -0.1) is 11.3 Å². The lowest BCUT2D eigenvalue weighted by atomic mass is 10.1. The summed E-state index contributed by atoms with van der Waals surface area (Å²) in [5.74, 6) is -0.918. The Balaban J connectivity index is 1.63. The average molecular weight is 536 g/mol. The molecule has 3 aromatic rings. The van der Waals surface area contributed by atoms with Crippen molar-refractivity contribution in [1.29, 1.82) is 0 Å². The van der Waals surface area contributed by atoms with E-state index in [1.165, 1.54) is 53.6 Å². The van der Waals surface area contributed by atoms with Gasteiger partial charge in [0.2, 0.25) is 0 Å². The number of thiophene rings is 1. The second-order valence-electron chi connectivity index (χ2n) is 7.37. The van der Waals surface area contributed by atoms with Crippen LogP contribution in [-0.4, -0.2) is 42.5 Å². The predicted octanol–water partition coefficient (Wildman–Crippen LogP) is 4.33. The maximum Gasteiger partial charge on any atom is 0.274 e. The molecule has 8 nitrogen and oxygen atoms in total. The van der Waals surface area contributed by atoms with Crippen molar-refractivity contribution >= 4 is 56.2 Å². The molecular formula is C23H22FN3O5S3. The minimum absolute atomic E-state index is 0.228. The van der Waals surface area contributed by atoms with Crippen molar-refractivity contribution in [2.75, 3.05) is 16.8 Å². The molecule has 0 fully saturated rings. The molecule has 0 saturated heterocycles. The van der Waals surface area contributed by atoms with Crippen molar-refractivity contribution in [1.82, 2.24) is 5.43 Å². The Kier molecular flexibility index (Phi) is 9.15. The van der Waals surface area contributed by atoms with Gasteiger partial charge in [0.15, 0.2) is 0 Å². The van der Waals surface area contributed by atoms with Crippen LogP contribution in [0.15, 0.2) is 59.0 Å². The summed E-state index contributed by atoms with van der Waals surface area (Å²) in [6.07, 6.45) is 1.39. The average Bonchev–Trinajstić information content (AvgIpc) is 3.17. The van der Waals surface area contributed by atoms with Crippen molar-refractivity contribution in [3.8, 4) is 0 Å². The fourth-order valence-corrected chi connectivity index (χ4v) is 5.73. The van der Waals surface area contributed by atoms with Crippen LogP contribution in [0.2, 0.25) is 0 Å². The molecule has 0 bridgehead atoms. The smallest absolute Gasteiger partial charge is 0.274 e. The Hall–Kier alpha value is -3.06. The van der Waals surface area contributed by atoms with E-state index in [1.807, 2.05) is 6.07 Å². The number of anilines is 1. The molecule has 0 saturated carbocycles. The van der Waals surface area contributed by atoms with Crippen LogP contribution in [0.4, 0.5) is 9.39 Å². The first kappa shape index (κ1) is 26.5. The molecule has 184 valence electrons. The van der Waals surface area contributed by atoms with Crippen LogP contribution in [0.1, 0.15) is 37.4 Å². The number of aryl methyl sites for hydroxylation is 1. The summed E-state index contributed by atoms with van der Waals surface area (Å²) in [5.41, 5.74) is 5.18. The summed E-state index contributed by atoms with van der Waals surface area (Å²) in [6, 6.07) is 12.5. The van der Waals surface area contributed by atoms with E-state index in [4.69, 9.17) is 4.55 Å². The van der Waals surface area contributed by atoms with Gasteiger partial charge in [-0.3, -0.25) is 14.1 Å². The number of nitrogens with zero attached hydrogens (tertiary/aromatic N) is 1. The normalized spacial score (nSPS) is 11.5. The first-order valence-corrected chi connectivity index (χ1v) is 13.9. The predicted molar refractivity (Wildman–Crippen MR) is 137 cm³/mol. The fraction of sp³-hybridized carbons (Fsp3) is 0.174. The summed E-state index contributed by atoms with van der Waals surface area (Å²) in [5, 5.41) is 8.78. The number of nitrogens with one attached hydrogen (secondary N) is 2. The highest BCUT2D eigenvalue weighted by Gasteiger charge is 2.19. The van der Waals surface area contributed by atoms with Gasteiger partial charge in [0.25, 0.3) is 21.9 Å². The second kappa shape index (κ2) is 12.1. The number of hydrogen-bond donors (Lipinski definition) is 3. The molecule has 3 rings (SSSR count). The summed E-state index contributed by atoms with van der Waals surface area (Å²) in [4.78, 5) is 25.5. The van der Waals surface area contributed by atoms with E-state index in [0.717, 1.165) is 5.56 Å². The van der Waals surface area contributed by atoms with E-state index >= 15 is 0 Å². The number of amides is 2. The number of hydrazone groups is 1. The lowest BCUT2D eigenvalue weighted by Crippen LogP contribution is -2.21. The molecule has 0 aliphatic rings. The Labute approximate surface area is 210 Å². The molecule has 3 N–H and O–H groups in total. The van der Waals surface area contributed by atoms with Crippen LogP contribution >= 0.6 is 23.1 Å². The van der Waals surface area contributed by atoms with Gasteiger partial charge in [0, 0.05) is 17.1 Å². The lowest BCUT2D eigenvalue weighted by Gasteiger charge is -2.08. The minimum atomic E-state index is -4.00. The van der Waals surface area contributed by atoms with Crippen LogP contribution < -0.4 is 10.7 Å². The number of carbonyl (C=O) groups is 2. The summed E-state index contributed by atoms with van der Waals surface area (Å²) < 4.78 is 43.4. The SMILES string of the molecule is Cc1csc(NC(=O)c2cccc(CSCCS(=O)(=O)O)c2)c1C(=O)NN=Cc1ccc(F)cc1. The molecular weight excluding hydrogens is 513 g/mol. The van der Waals surface area contributed by atoms with E-state index in [9.17, 15) is 22.4 Å². The Morgan fingerprint density at radius 3 is 2.63 bits per heavy atom. The second-order valence-corrected chi connectivity index (χ2v) is 10.9. The standard InChI is InChI=1S/C23H22FN3O5S3/c1-15-13-34-23(20(15)22(29)27-25-12-16-5-7-19(24)8-6-16)26-21(28)18-4-2-3-17(11-18)14-33-9-10-35(30,31)32/h2-8,11-13H,9-10,14H2,1H3,(H,26,28)(H,27,29)(H,30,31,32). The third kappa shape index (κ3) is 8.28. The van der Waals surface area contributed by atoms with Crippen molar-refractivity contribution < 1.29 is 27.0 Å². The summed E-state index contributed by atoms with van der Waals surface area (Å²) in [7, 11) is -4.00. The highest BCUT2D eigenvalue weighted by atomic mass is 32.2. The zero-order valence-corrected chi connectivity index (χ0v) is 21.0. The third-order valence-corrected chi connectivity index (χ3v) is 7.64. The highest BCUT2D eigenvalue weighted by Crippen LogP contribution is 2.28. The Morgan fingerprint density at radius 1 is 1.17 bits per heavy atom. The number of hydrogen-bond acceptors (Lipinski definition) is 7. The quantitative estimate of drug-likeness (QED) is 0.154. The monoisotopic (exact) mass is 535 g/mol. The molecule has 0 aliphatic carbocycles. The van der Waals surface area contributed by atoms with E-state index < -0.39 is 21.9 Å². The molecule has 2 amide bonds. The zero-order chi connectivity index (χ0) is 25.4. The number of benzene rings is 2. The number of halogens is 1. The molecule has 0 aliphatic heterocycles. The molecule has 0 radical (unpaired) electrons. The third-order valence-electron chi connectivity index (χ3n) is 4.62. The van der Waals surface area contributed by atoms with Gasteiger partial charge in [-0.25, -0.2) is 9.82 Å². The first-order valence-electron chi connectivity index (χ1n) is 10.2. The van der Waals surface area contributed by atoms with Gasteiger partial charge in [-0.2, -0.15) is 25.3 Å². The van der Waals surface area contributed by atoms with Gasteiger partial charge in [0.1, 0.15) is 10.8 Å². The van der Waals surface area contributed by atoms with E-state index in [-0.39, 0.29) is 22.9 Å². The molecule has 0 atom stereocenters. The number of thioether (sulfide) groups is 1. The molecule has 1 heterocycles. The number of carbonyl (C=O) groups excluding carboxylic acids is 2. The van der Waals surface area contributed by atoms with Crippen LogP contribution in [0.3, 0.4) is 0 Å². The van der Waals surface area contributed by atoms with Gasteiger partial charge in [0.05, 0.1) is 17.5 Å². The Bertz CT molecular complexity index is 1340. The minimum Gasteiger partial charge on any atom is -0.313 e. The molecule has 12 heteroatoms. The molecule has 2 aromatic carbocycles. The fourth-order valence-electron chi connectivity index (χ4n) is 2.92. The lowest BCUT2D eigenvalue weighted by molar-refractivity contribution is 0.0956. The Morgan fingerprint density at radius 2 is 1.91 bits per heavy atom. The maximum atomic E-state index is 13.0. The van der Waals surface area contributed by atoms with Crippen LogP contribution in [0.5, 0.6) is 0 Å². The summed E-state index contributed by atoms with van der Waals surface area (Å²) in [6.45, 7) is 1.75. The van der Waals surface area contributed by atoms with Gasteiger partial charge < -0.3 is 5.32 Å². The van der Waals surface area contributed by atoms with Crippen LogP contribution in [0, 0.1) is 12.7 Å². The highest BCUT2D eigenvalue weighted by molar-refractivity contribution is 7.99. The largest absolute Gasteiger partial charge is 0.313 e. The van der Waals surface area contributed by atoms with E-state index in [1.54, 1.807) is 30.5 Å². The van der Waals surface area contributed by atoms with Gasteiger partial charge in [-0.1, -0.05) is 24.3 Å². The van der Waals surface area contributed by atoms with Crippen LogP contribution in [0.25, 0.3) is 0 Å². The molecule has 0 unspecified atom stereocenters. The van der Waals surface area contributed by atoms with Gasteiger partial charge >= 0.3 is 0 Å². The van der Waals surface area contributed by atoms with Crippen molar-refractivity contribution in [3.63, 3.8) is 0 Å². The van der Waals surface area contributed by atoms with Crippen molar-refractivity contribution in [3.05, 3.63) is 87.5 Å². The van der Waals surface area contributed by atoms with Gasteiger partial charge in [-0.05, 0) is 53.3 Å². The van der Waals surface area contributed by atoms with E-state index in [2.05, 4.69) is 15.8 Å². The van der Waals surface area contributed by atoms with E-state index in [0.29, 0.717) is 27.4 Å². The maximum absolute atomic E-state index is 13.0. The number of rotatable bonds is 10. The summed E-state index contributed by atoms with van der Waals surface area (Å²) >= 11 is 2.53.